The number of alkyl halides is 4. The van der Waals surface area contributed by atoms with Crippen LogP contribution >= 0.6 is 23.4 Å². The summed E-state index contributed by atoms with van der Waals surface area (Å²) in [5.74, 6) is 0.497. The third-order valence-electron chi connectivity index (χ3n) is 3.06. The predicted molar refractivity (Wildman–Crippen MR) is 78.7 cm³/mol. The Balaban J connectivity index is 2.40. The maximum atomic E-state index is 12.3. The van der Waals surface area contributed by atoms with Gasteiger partial charge < -0.3 is 4.57 Å². The zero-order valence-corrected chi connectivity index (χ0v) is 13.5. The maximum Gasteiger partial charge on any atom is 0.441 e. The molecule has 2 aromatic rings. The number of nitrogens with zero attached hydrogens (tertiary/aromatic N) is 4. The second-order valence-electron chi connectivity index (χ2n) is 4.61. The lowest BCUT2D eigenvalue weighted by molar-refractivity contribution is -0.0328. The Kier molecular flexibility index (Phi) is 4.77. The number of hydrogen-bond acceptors (Lipinski definition) is 3. The topological polar surface area (TPSA) is 35.6 Å². The van der Waals surface area contributed by atoms with E-state index in [2.05, 4.69) is 10.1 Å². The van der Waals surface area contributed by atoms with Crippen molar-refractivity contribution in [2.75, 3.05) is 5.75 Å². The zero-order valence-electron chi connectivity index (χ0n) is 11.9. The predicted octanol–water partition coefficient (Wildman–Crippen LogP) is 4.11. The van der Waals surface area contributed by atoms with Crippen molar-refractivity contribution in [2.45, 2.75) is 44.7 Å². The van der Waals surface area contributed by atoms with E-state index in [-0.39, 0.29) is 29.4 Å². The van der Waals surface area contributed by atoms with E-state index in [9.17, 15) is 13.2 Å². The largest absolute Gasteiger partial charge is 0.441 e. The molecule has 0 fully saturated rings. The Hall–Kier alpha value is -0.890. The molecule has 0 aliphatic heterocycles. The maximum absolute atomic E-state index is 12.3. The third kappa shape index (κ3) is 3.48. The summed E-state index contributed by atoms with van der Waals surface area (Å²) in [6, 6.07) is 0. The molecule has 0 aromatic carbocycles. The minimum Gasteiger partial charge on any atom is -0.311 e. The molecule has 0 aliphatic carbocycles. The molecule has 0 N–H and O–H groups in total. The summed E-state index contributed by atoms with van der Waals surface area (Å²) < 4.78 is 40.4. The minimum atomic E-state index is -4.23. The molecule has 118 valence electrons. The van der Waals surface area contributed by atoms with Gasteiger partial charge in [-0.15, -0.1) is 11.6 Å². The first-order chi connectivity index (χ1) is 9.74. The molecule has 2 heterocycles. The van der Waals surface area contributed by atoms with Crippen molar-refractivity contribution in [3.63, 3.8) is 0 Å². The molecule has 0 amide bonds. The molecule has 0 saturated carbocycles. The molecule has 1 atom stereocenters. The van der Waals surface area contributed by atoms with Gasteiger partial charge in [0, 0.05) is 18.8 Å². The van der Waals surface area contributed by atoms with E-state index >= 15 is 0 Å². The number of hydrogen-bond donors (Lipinski definition) is 0. The molecule has 9 heteroatoms. The van der Waals surface area contributed by atoms with Crippen molar-refractivity contribution in [1.29, 1.82) is 0 Å². The average molecular weight is 341 g/mol. The Labute approximate surface area is 129 Å². The molecule has 2 rings (SSSR count). The van der Waals surface area contributed by atoms with Gasteiger partial charge in [-0.25, -0.2) is 9.67 Å². The average Bonchev–Trinajstić information content (AvgIpc) is 2.87. The van der Waals surface area contributed by atoms with Gasteiger partial charge in [0.15, 0.2) is 5.65 Å². The second-order valence-corrected chi connectivity index (χ2v) is 6.42. The van der Waals surface area contributed by atoms with E-state index < -0.39 is 5.51 Å². The first kappa shape index (κ1) is 16.5. The molecule has 21 heavy (non-hydrogen) atoms. The van der Waals surface area contributed by atoms with Gasteiger partial charge in [-0.05, 0) is 32.5 Å². The number of halogens is 4. The summed E-state index contributed by atoms with van der Waals surface area (Å²) in [4.78, 5) is 4.45. The lowest BCUT2D eigenvalue weighted by Gasteiger charge is -2.12. The van der Waals surface area contributed by atoms with E-state index in [1.165, 1.54) is 0 Å². The highest BCUT2D eigenvalue weighted by atomic mass is 35.5. The first-order valence-electron chi connectivity index (χ1n) is 6.53. The van der Waals surface area contributed by atoms with Crippen LogP contribution in [0.15, 0.2) is 0 Å². The standard InChI is InChI=1S/C12H16ClF3N4S/c1-4-20-11-9(8(3)18-20)17-10(7(2)13)19(11)5-6-21-12(14,15)16/h7H,4-6H2,1-3H3. The van der Waals surface area contributed by atoms with E-state index in [1.54, 1.807) is 16.2 Å². The van der Waals surface area contributed by atoms with Gasteiger partial charge in [-0.1, -0.05) is 0 Å². The highest BCUT2D eigenvalue weighted by Crippen LogP contribution is 2.32. The van der Waals surface area contributed by atoms with Gasteiger partial charge in [-0.2, -0.15) is 18.3 Å². The molecule has 0 spiro atoms. The molecule has 0 bridgehead atoms. The molecule has 0 aliphatic rings. The first-order valence-corrected chi connectivity index (χ1v) is 7.95. The van der Waals surface area contributed by atoms with Gasteiger partial charge >= 0.3 is 5.51 Å². The van der Waals surface area contributed by atoms with Crippen LogP contribution in [0.1, 0.15) is 30.7 Å². The smallest absolute Gasteiger partial charge is 0.311 e. The number of aromatic nitrogens is 4. The minimum absolute atomic E-state index is 0.0403. The van der Waals surface area contributed by atoms with Gasteiger partial charge in [-0.3, -0.25) is 0 Å². The number of thioether (sulfide) groups is 1. The van der Waals surface area contributed by atoms with Crippen molar-refractivity contribution in [2.24, 2.45) is 0 Å². The summed E-state index contributed by atoms with van der Waals surface area (Å²) in [6.45, 7) is 6.34. The van der Waals surface area contributed by atoms with Crippen LogP contribution in [0.25, 0.3) is 11.2 Å². The fourth-order valence-electron chi connectivity index (χ4n) is 2.24. The quantitative estimate of drug-likeness (QED) is 0.768. The van der Waals surface area contributed by atoms with E-state index in [4.69, 9.17) is 11.6 Å². The van der Waals surface area contributed by atoms with Crippen molar-refractivity contribution in [1.82, 2.24) is 19.3 Å². The van der Waals surface area contributed by atoms with Crippen molar-refractivity contribution >= 4 is 34.5 Å². The fraction of sp³-hybridized carbons (Fsp3) is 0.667. The van der Waals surface area contributed by atoms with Crippen LogP contribution in [0.3, 0.4) is 0 Å². The van der Waals surface area contributed by atoms with Crippen LogP contribution in [-0.2, 0) is 13.1 Å². The van der Waals surface area contributed by atoms with Gasteiger partial charge in [0.05, 0.1) is 11.1 Å². The Morgan fingerprint density at radius 3 is 2.57 bits per heavy atom. The lowest BCUT2D eigenvalue weighted by Crippen LogP contribution is -2.12. The van der Waals surface area contributed by atoms with Gasteiger partial charge in [0.1, 0.15) is 11.3 Å². The Bertz CT molecular complexity index is 632. The molecule has 0 radical (unpaired) electrons. The normalized spacial score (nSPS) is 14.0. The van der Waals surface area contributed by atoms with E-state index in [0.717, 1.165) is 11.3 Å². The number of imidazole rings is 1. The SMILES string of the molecule is CCn1nc(C)c2nc(C(C)Cl)n(CCSC(F)(F)F)c21. The van der Waals surface area contributed by atoms with Crippen LogP contribution in [0.4, 0.5) is 13.2 Å². The summed E-state index contributed by atoms with van der Waals surface area (Å²) in [5.41, 5.74) is -2.03. The van der Waals surface area contributed by atoms with Gasteiger partial charge in [0.25, 0.3) is 0 Å². The Morgan fingerprint density at radius 1 is 1.38 bits per heavy atom. The highest BCUT2D eigenvalue weighted by molar-refractivity contribution is 8.00. The highest BCUT2D eigenvalue weighted by Gasteiger charge is 2.28. The number of aryl methyl sites for hydroxylation is 3. The van der Waals surface area contributed by atoms with Crippen LogP contribution in [0.2, 0.25) is 0 Å². The van der Waals surface area contributed by atoms with Crippen molar-refractivity contribution < 1.29 is 13.2 Å². The van der Waals surface area contributed by atoms with Crippen molar-refractivity contribution in [3.05, 3.63) is 11.5 Å². The van der Waals surface area contributed by atoms with E-state index in [1.807, 2.05) is 13.8 Å². The monoisotopic (exact) mass is 340 g/mol. The summed E-state index contributed by atoms with van der Waals surface area (Å²) in [5, 5.41) is 3.97. The molecule has 1 unspecified atom stereocenters. The summed E-state index contributed by atoms with van der Waals surface area (Å²) >= 11 is 6.07. The summed E-state index contributed by atoms with van der Waals surface area (Å²) in [7, 11) is 0. The van der Waals surface area contributed by atoms with Crippen LogP contribution < -0.4 is 0 Å². The third-order valence-corrected chi connectivity index (χ3v) is 3.97. The van der Waals surface area contributed by atoms with E-state index in [0.29, 0.717) is 17.9 Å². The van der Waals surface area contributed by atoms with Crippen molar-refractivity contribution in [3.8, 4) is 0 Å². The number of rotatable bonds is 5. The van der Waals surface area contributed by atoms with Crippen LogP contribution in [0.5, 0.6) is 0 Å². The van der Waals surface area contributed by atoms with Crippen LogP contribution in [0, 0.1) is 6.92 Å². The summed E-state index contributed by atoms with van der Waals surface area (Å²) in [6.07, 6.45) is 0. The Morgan fingerprint density at radius 2 is 2.05 bits per heavy atom. The molecule has 4 nitrogen and oxygen atoms in total. The molecular formula is C12H16ClF3N4S. The zero-order chi connectivity index (χ0) is 15.8. The fourth-order valence-corrected chi connectivity index (χ4v) is 2.91. The molecular weight excluding hydrogens is 325 g/mol. The lowest BCUT2D eigenvalue weighted by atomic mass is 10.4. The van der Waals surface area contributed by atoms with Gasteiger partial charge in [0.2, 0.25) is 0 Å². The second kappa shape index (κ2) is 6.08. The molecule has 2 aromatic heterocycles. The number of fused-ring (bicyclic) bond motifs is 1. The molecule has 0 saturated heterocycles. The van der Waals surface area contributed by atoms with Crippen LogP contribution in [-0.4, -0.2) is 30.6 Å².